The molecule has 1 aromatic carbocycles. The highest BCUT2D eigenvalue weighted by atomic mass is 16.5. The molecule has 0 radical (unpaired) electrons. The Morgan fingerprint density at radius 3 is 2.78 bits per heavy atom. The van der Waals surface area contributed by atoms with E-state index in [1.807, 2.05) is 56.6 Å². The van der Waals surface area contributed by atoms with Gasteiger partial charge >= 0.3 is 0 Å². The number of methoxy groups -OCH3 is 1. The summed E-state index contributed by atoms with van der Waals surface area (Å²) in [6.45, 7) is 3.51. The monoisotopic (exact) mass is 439 g/mol. The van der Waals surface area contributed by atoms with E-state index < -0.39 is 5.41 Å². The lowest BCUT2D eigenvalue weighted by molar-refractivity contribution is -0.141. The molecule has 0 N–H and O–H groups in total. The Morgan fingerprint density at radius 1 is 1.28 bits per heavy atom. The number of hydrogen-bond donors (Lipinski definition) is 0. The highest BCUT2D eigenvalue weighted by Gasteiger charge is 2.53. The van der Waals surface area contributed by atoms with Gasteiger partial charge in [-0.15, -0.1) is 0 Å². The molecular weight excluding hydrogens is 406 g/mol. The van der Waals surface area contributed by atoms with Crippen LogP contribution in [0.2, 0.25) is 0 Å². The van der Waals surface area contributed by atoms with E-state index in [-0.39, 0.29) is 17.7 Å². The first-order valence-electron chi connectivity index (χ1n) is 11.2. The van der Waals surface area contributed by atoms with Crippen molar-refractivity contribution in [3.05, 3.63) is 47.8 Å². The molecule has 2 atom stereocenters. The number of nitrogens with zero attached hydrogens (tertiary/aromatic N) is 5. The summed E-state index contributed by atoms with van der Waals surface area (Å²) in [5, 5.41) is 4.28. The van der Waals surface area contributed by atoms with Gasteiger partial charge in [0.05, 0.1) is 18.7 Å². The number of likely N-dealkylation sites (tertiary alicyclic amines) is 2. The second-order valence-corrected chi connectivity index (χ2v) is 9.33. The molecule has 0 unspecified atom stereocenters. The van der Waals surface area contributed by atoms with Gasteiger partial charge in [-0.05, 0) is 31.0 Å². The molecule has 3 heterocycles. The number of ether oxygens (including phenoxy) is 1. The number of aryl methyl sites for hydroxylation is 1. The van der Waals surface area contributed by atoms with Crippen LogP contribution in [0.5, 0.6) is 5.75 Å². The quantitative estimate of drug-likeness (QED) is 0.711. The minimum atomic E-state index is -0.463. The zero-order valence-corrected chi connectivity index (χ0v) is 19.5. The van der Waals surface area contributed by atoms with Crippen molar-refractivity contribution < 1.29 is 14.3 Å². The van der Waals surface area contributed by atoms with Gasteiger partial charge in [-0.25, -0.2) is 0 Å². The highest BCUT2D eigenvalue weighted by molar-refractivity contribution is 5.94. The van der Waals surface area contributed by atoms with E-state index in [1.165, 1.54) is 0 Å². The lowest BCUT2D eigenvalue weighted by atomic mass is 9.74. The van der Waals surface area contributed by atoms with Crippen molar-refractivity contribution in [3.63, 3.8) is 0 Å². The molecule has 2 aliphatic heterocycles. The summed E-state index contributed by atoms with van der Waals surface area (Å²) in [4.78, 5) is 32.8. The maximum Gasteiger partial charge on any atom is 0.253 e. The van der Waals surface area contributed by atoms with Gasteiger partial charge in [0.2, 0.25) is 5.91 Å². The van der Waals surface area contributed by atoms with Crippen LogP contribution >= 0.6 is 0 Å². The second-order valence-electron chi connectivity index (χ2n) is 9.33. The Bertz CT molecular complexity index is 988. The number of aromatic nitrogens is 2. The van der Waals surface area contributed by atoms with Crippen molar-refractivity contribution in [2.24, 2.45) is 18.4 Å². The van der Waals surface area contributed by atoms with Crippen molar-refractivity contribution in [1.29, 1.82) is 0 Å². The molecule has 2 fully saturated rings. The molecule has 8 heteroatoms. The van der Waals surface area contributed by atoms with Gasteiger partial charge in [0.15, 0.2) is 0 Å². The van der Waals surface area contributed by atoms with Crippen LogP contribution in [-0.2, 0) is 18.4 Å². The summed E-state index contributed by atoms with van der Waals surface area (Å²) in [6.07, 6.45) is 5.51. The fraction of sp³-hybridized carbons (Fsp3) is 0.542. The van der Waals surface area contributed by atoms with E-state index in [9.17, 15) is 9.59 Å². The van der Waals surface area contributed by atoms with Gasteiger partial charge in [-0.1, -0.05) is 6.07 Å². The predicted octanol–water partition coefficient (Wildman–Crippen LogP) is 1.87. The molecule has 2 aliphatic rings. The molecule has 2 amide bonds. The Morgan fingerprint density at radius 2 is 2.09 bits per heavy atom. The van der Waals surface area contributed by atoms with Crippen LogP contribution in [0.15, 0.2) is 36.7 Å². The lowest BCUT2D eigenvalue weighted by Crippen LogP contribution is -2.47. The minimum absolute atomic E-state index is 0.00251. The van der Waals surface area contributed by atoms with E-state index in [2.05, 4.69) is 10.00 Å². The standard InChI is InChI=1S/C24H33N5O3/c1-26(2)23(31)24-9-6-10-29(22(30)19-7-5-8-21(11-19)32-4)16-20(24)15-28(17-24)14-18-12-25-27(3)13-18/h5,7-8,11-13,20H,6,9-10,14-17H2,1-4H3/t20-,24+/m1/s1. The SMILES string of the molecule is COc1cccc(C(=O)N2CCC[C@]3(C(=O)N(C)C)CN(Cc4cnn(C)c4)C[C@@H]3C2)c1. The summed E-state index contributed by atoms with van der Waals surface area (Å²) in [6, 6.07) is 7.30. The summed E-state index contributed by atoms with van der Waals surface area (Å²) in [7, 11) is 7.19. The smallest absolute Gasteiger partial charge is 0.253 e. The number of carbonyl (C=O) groups excluding carboxylic acids is 2. The van der Waals surface area contributed by atoms with Crippen molar-refractivity contribution >= 4 is 11.8 Å². The largest absolute Gasteiger partial charge is 0.497 e. The molecule has 2 saturated heterocycles. The normalized spacial score (nSPS) is 23.5. The third kappa shape index (κ3) is 4.24. The van der Waals surface area contributed by atoms with Crippen LogP contribution in [0.1, 0.15) is 28.8 Å². The first-order chi connectivity index (χ1) is 15.3. The zero-order chi connectivity index (χ0) is 22.9. The maximum absolute atomic E-state index is 13.4. The van der Waals surface area contributed by atoms with Crippen molar-refractivity contribution in [2.45, 2.75) is 19.4 Å². The number of carbonyl (C=O) groups is 2. The molecule has 32 heavy (non-hydrogen) atoms. The molecule has 8 nitrogen and oxygen atoms in total. The van der Waals surface area contributed by atoms with E-state index in [4.69, 9.17) is 4.74 Å². The van der Waals surface area contributed by atoms with E-state index in [1.54, 1.807) is 22.8 Å². The summed E-state index contributed by atoms with van der Waals surface area (Å²) < 4.78 is 7.10. The van der Waals surface area contributed by atoms with Gasteiger partial charge < -0.3 is 14.5 Å². The maximum atomic E-state index is 13.4. The van der Waals surface area contributed by atoms with Gasteiger partial charge in [0, 0.05) is 77.1 Å². The molecular formula is C24H33N5O3. The molecule has 0 bridgehead atoms. The summed E-state index contributed by atoms with van der Waals surface area (Å²) in [5.41, 5.74) is 1.30. The predicted molar refractivity (Wildman–Crippen MR) is 121 cm³/mol. The van der Waals surface area contributed by atoms with Crippen molar-refractivity contribution in [2.75, 3.05) is 47.4 Å². The fourth-order valence-corrected chi connectivity index (χ4v) is 5.39. The van der Waals surface area contributed by atoms with Crippen molar-refractivity contribution in [1.82, 2.24) is 24.5 Å². The average Bonchev–Trinajstić information content (AvgIpc) is 3.29. The van der Waals surface area contributed by atoms with Crippen LogP contribution in [-0.4, -0.2) is 83.7 Å². The number of rotatable bonds is 5. The van der Waals surface area contributed by atoms with Crippen LogP contribution in [0.25, 0.3) is 0 Å². The van der Waals surface area contributed by atoms with Crippen molar-refractivity contribution in [3.8, 4) is 5.75 Å². The Balaban J connectivity index is 1.58. The summed E-state index contributed by atoms with van der Waals surface area (Å²) in [5.74, 6) is 0.937. The fourth-order valence-electron chi connectivity index (χ4n) is 5.39. The van der Waals surface area contributed by atoms with E-state index >= 15 is 0 Å². The molecule has 1 aromatic heterocycles. The topological polar surface area (TPSA) is 70.9 Å². The lowest BCUT2D eigenvalue weighted by Gasteiger charge is -2.35. The van der Waals surface area contributed by atoms with E-state index in [0.29, 0.717) is 30.9 Å². The number of benzene rings is 1. The second kappa shape index (κ2) is 8.94. The number of amides is 2. The van der Waals surface area contributed by atoms with E-state index in [0.717, 1.165) is 31.5 Å². The van der Waals surface area contributed by atoms with Crippen LogP contribution < -0.4 is 4.74 Å². The molecule has 0 saturated carbocycles. The van der Waals surface area contributed by atoms with Crippen LogP contribution in [0, 0.1) is 11.3 Å². The van der Waals surface area contributed by atoms with Gasteiger partial charge in [-0.2, -0.15) is 5.10 Å². The summed E-state index contributed by atoms with van der Waals surface area (Å²) >= 11 is 0. The average molecular weight is 440 g/mol. The Labute approximate surface area is 189 Å². The molecule has 172 valence electrons. The number of hydrogen-bond acceptors (Lipinski definition) is 5. The molecule has 2 aromatic rings. The van der Waals surface area contributed by atoms with Gasteiger partial charge in [0.25, 0.3) is 5.91 Å². The Hall–Kier alpha value is -2.87. The van der Waals surface area contributed by atoms with Crippen LogP contribution in [0.3, 0.4) is 0 Å². The Kier molecular flexibility index (Phi) is 6.24. The third-order valence-corrected chi connectivity index (χ3v) is 6.86. The highest BCUT2D eigenvalue weighted by Crippen LogP contribution is 2.44. The third-order valence-electron chi connectivity index (χ3n) is 6.86. The molecule has 0 aliphatic carbocycles. The van der Waals surface area contributed by atoms with Gasteiger partial charge in [0.1, 0.15) is 5.75 Å². The van der Waals surface area contributed by atoms with Gasteiger partial charge in [-0.3, -0.25) is 19.2 Å². The first-order valence-corrected chi connectivity index (χ1v) is 11.2. The number of fused-ring (bicyclic) bond motifs is 1. The minimum Gasteiger partial charge on any atom is -0.497 e. The molecule has 4 rings (SSSR count). The van der Waals surface area contributed by atoms with Crippen LogP contribution in [0.4, 0.5) is 0 Å². The molecule has 0 spiro atoms. The first kappa shape index (κ1) is 22.3. The zero-order valence-electron chi connectivity index (χ0n) is 19.5.